The lowest BCUT2D eigenvalue weighted by Crippen LogP contribution is -2.43. The normalized spacial score (nSPS) is 13.6. The van der Waals surface area contributed by atoms with E-state index >= 15 is 0 Å². The van der Waals surface area contributed by atoms with Gasteiger partial charge >= 0.3 is 0 Å². The van der Waals surface area contributed by atoms with E-state index in [9.17, 15) is 4.79 Å². The standard InChI is InChI=1S/C33H38N8O3/c1-24-5-9-28(31(42)36-29-11-7-25(8-12-29)22-40-15-13-39(2)14-16-40)19-27(24)10-6-26-20-34-33(35-21-26)37-30-23-41(17-18-43-3)38-32(30)44-4/h5,7-9,11-12,19-21,23H,13-18,22H2,1-4H3,(H,36,42)(H,34,35,37). The maximum atomic E-state index is 13.1. The number of piperazine rings is 1. The van der Waals surface area contributed by atoms with Crippen molar-refractivity contribution >= 4 is 23.2 Å². The van der Waals surface area contributed by atoms with Gasteiger partial charge in [-0.2, -0.15) is 0 Å². The van der Waals surface area contributed by atoms with Crippen molar-refractivity contribution in [3.05, 3.63) is 88.9 Å². The molecule has 0 atom stereocenters. The van der Waals surface area contributed by atoms with Gasteiger partial charge in [0.1, 0.15) is 5.69 Å². The van der Waals surface area contributed by atoms with Crippen LogP contribution >= 0.6 is 0 Å². The molecule has 0 spiro atoms. The molecule has 2 aromatic heterocycles. The fourth-order valence-electron chi connectivity index (χ4n) is 4.72. The topological polar surface area (TPSA) is 110 Å². The summed E-state index contributed by atoms with van der Waals surface area (Å²) in [6.45, 7) is 8.34. The van der Waals surface area contributed by atoms with Crippen LogP contribution in [0.4, 0.5) is 17.3 Å². The van der Waals surface area contributed by atoms with Gasteiger partial charge in [0, 0.05) is 69.0 Å². The zero-order valence-electron chi connectivity index (χ0n) is 25.6. The maximum Gasteiger partial charge on any atom is 0.256 e. The zero-order valence-corrected chi connectivity index (χ0v) is 25.6. The highest BCUT2D eigenvalue weighted by Gasteiger charge is 2.14. The Labute approximate surface area is 258 Å². The van der Waals surface area contributed by atoms with Crippen LogP contribution in [0.1, 0.15) is 32.6 Å². The Bertz CT molecular complexity index is 1620. The van der Waals surface area contributed by atoms with Crippen molar-refractivity contribution in [3.8, 4) is 17.7 Å². The van der Waals surface area contributed by atoms with Crippen molar-refractivity contribution in [1.82, 2.24) is 29.5 Å². The number of anilines is 3. The number of carbonyl (C=O) groups excluding carboxylic acids is 1. The molecule has 0 unspecified atom stereocenters. The number of nitrogens with one attached hydrogen (secondary N) is 2. The Morgan fingerprint density at radius 3 is 2.45 bits per heavy atom. The van der Waals surface area contributed by atoms with Crippen LogP contribution in [-0.2, 0) is 17.8 Å². The second-order valence-corrected chi connectivity index (χ2v) is 10.7. The highest BCUT2D eigenvalue weighted by Crippen LogP contribution is 2.24. The van der Waals surface area contributed by atoms with Crippen LogP contribution in [0.3, 0.4) is 0 Å². The predicted octanol–water partition coefficient (Wildman–Crippen LogP) is 3.78. The van der Waals surface area contributed by atoms with Gasteiger partial charge in [-0.15, -0.1) is 5.10 Å². The third-order valence-corrected chi connectivity index (χ3v) is 7.40. The second-order valence-electron chi connectivity index (χ2n) is 10.7. The summed E-state index contributed by atoms with van der Waals surface area (Å²) < 4.78 is 12.2. The number of rotatable bonds is 10. The van der Waals surface area contributed by atoms with Crippen molar-refractivity contribution in [3.63, 3.8) is 0 Å². The molecule has 0 aliphatic carbocycles. The van der Waals surface area contributed by atoms with E-state index in [-0.39, 0.29) is 5.91 Å². The summed E-state index contributed by atoms with van der Waals surface area (Å²) in [7, 11) is 5.36. The molecular weight excluding hydrogens is 556 g/mol. The van der Waals surface area contributed by atoms with Gasteiger partial charge in [0.2, 0.25) is 5.95 Å². The molecule has 228 valence electrons. The molecule has 1 fully saturated rings. The molecule has 0 bridgehead atoms. The molecule has 44 heavy (non-hydrogen) atoms. The van der Waals surface area contributed by atoms with Crippen molar-refractivity contribution in [2.75, 3.05) is 64.7 Å². The minimum Gasteiger partial charge on any atom is -0.478 e. The molecular formula is C33H38N8O3. The van der Waals surface area contributed by atoms with Gasteiger partial charge in [-0.3, -0.25) is 14.4 Å². The number of ether oxygens (including phenoxy) is 2. The summed E-state index contributed by atoms with van der Waals surface area (Å²) in [6, 6.07) is 13.6. The van der Waals surface area contributed by atoms with E-state index in [0.29, 0.717) is 41.8 Å². The van der Waals surface area contributed by atoms with E-state index in [1.165, 1.54) is 5.56 Å². The molecule has 1 aliphatic rings. The average molecular weight is 595 g/mol. The highest BCUT2D eigenvalue weighted by molar-refractivity contribution is 6.04. The second kappa shape index (κ2) is 14.6. The number of benzene rings is 2. The first-order valence-corrected chi connectivity index (χ1v) is 14.5. The summed E-state index contributed by atoms with van der Waals surface area (Å²) in [5.74, 6) is 6.92. The molecule has 11 heteroatoms. The highest BCUT2D eigenvalue weighted by atomic mass is 16.5. The summed E-state index contributed by atoms with van der Waals surface area (Å²) in [5.41, 5.74) is 5.56. The Morgan fingerprint density at radius 2 is 1.75 bits per heavy atom. The first-order chi connectivity index (χ1) is 21.4. The van der Waals surface area contributed by atoms with Gasteiger partial charge in [0.05, 0.1) is 32.0 Å². The molecule has 5 rings (SSSR count). The number of amides is 1. The SMILES string of the molecule is COCCn1cc(Nc2ncc(C#Cc3cc(C(=O)Nc4ccc(CN5CCN(C)CC5)cc4)ccc3C)cn2)c(OC)n1. The largest absolute Gasteiger partial charge is 0.478 e. The molecule has 1 amide bonds. The van der Waals surface area contributed by atoms with Crippen LogP contribution in [0.5, 0.6) is 5.88 Å². The van der Waals surface area contributed by atoms with E-state index in [4.69, 9.17) is 9.47 Å². The van der Waals surface area contributed by atoms with Crippen LogP contribution in [-0.4, -0.2) is 89.5 Å². The van der Waals surface area contributed by atoms with Crippen molar-refractivity contribution in [1.29, 1.82) is 0 Å². The molecule has 2 N–H and O–H groups in total. The molecule has 11 nitrogen and oxygen atoms in total. The zero-order chi connectivity index (χ0) is 30.9. The first-order valence-electron chi connectivity index (χ1n) is 14.5. The molecule has 4 aromatic rings. The van der Waals surface area contributed by atoms with Gasteiger partial charge in [0.15, 0.2) is 0 Å². The number of aryl methyl sites for hydroxylation is 1. The number of carbonyl (C=O) groups is 1. The first kappa shape index (κ1) is 30.7. The summed E-state index contributed by atoms with van der Waals surface area (Å²) >= 11 is 0. The lowest BCUT2D eigenvalue weighted by atomic mass is 10.0. The number of nitrogens with zero attached hydrogens (tertiary/aromatic N) is 6. The third kappa shape index (κ3) is 8.20. The Morgan fingerprint density at radius 1 is 1.00 bits per heavy atom. The minimum absolute atomic E-state index is 0.181. The summed E-state index contributed by atoms with van der Waals surface area (Å²) in [5, 5.41) is 10.5. The summed E-state index contributed by atoms with van der Waals surface area (Å²) in [4.78, 5) is 26.6. The van der Waals surface area contributed by atoms with Gasteiger partial charge in [-0.25, -0.2) is 9.97 Å². The Kier molecular flexibility index (Phi) is 10.2. The average Bonchev–Trinajstić information content (AvgIpc) is 3.43. The van der Waals surface area contributed by atoms with Crippen LogP contribution in [0.2, 0.25) is 0 Å². The minimum atomic E-state index is -0.181. The maximum absolute atomic E-state index is 13.1. The third-order valence-electron chi connectivity index (χ3n) is 7.40. The van der Waals surface area contributed by atoms with E-state index in [2.05, 4.69) is 66.5 Å². The number of methoxy groups -OCH3 is 2. The van der Waals surface area contributed by atoms with Crippen LogP contribution in [0, 0.1) is 18.8 Å². The van der Waals surface area contributed by atoms with Crippen LogP contribution in [0.25, 0.3) is 0 Å². The summed E-state index contributed by atoms with van der Waals surface area (Å²) in [6.07, 6.45) is 5.10. The fourth-order valence-corrected chi connectivity index (χ4v) is 4.72. The molecule has 0 saturated carbocycles. The van der Waals surface area contributed by atoms with E-state index < -0.39 is 0 Å². The van der Waals surface area contributed by atoms with Gasteiger partial charge in [-0.1, -0.05) is 30.0 Å². The quantitative estimate of drug-likeness (QED) is 0.265. The van der Waals surface area contributed by atoms with Gasteiger partial charge < -0.3 is 25.0 Å². The number of aromatic nitrogens is 4. The van der Waals surface area contributed by atoms with Crippen LogP contribution in [0.15, 0.2) is 61.1 Å². The lowest BCUT2D eigenvalue weighted by molar-refractivity contribution is 0.102. The number of likely N-dealkylation sites (N-methyl/N-ethyl adjacent to an activating group) is 1. The molecule has 0 radical (unpaired) electrons. The molecule has 2 aromatic carbocycles. The van der Waals surface area contributed by atoms with E-state index in [1.54, 1.807) is 31.3 Å². The Hall–Kier alpha value is -4.76. The van der Waals surface area contributed by atoms with Crippen LogP contribution < -0.4 is 15.4 Å². The van der Waals surface area contributed by atoms with E-state index in [1.807, 2.05) is 43.5 Å². The van der Waals surface area contributed by atoms with Crippen molar-refractivity contribution in [2.45, 2.75) is 20.0 Å². The molecule has 3 heterocycles. The van der Waals surface area contributed by atoms with Gasteiger partial charge in [-0.05, 0) is 49.4 Å². The van der Waals surface area contributed by atoms with Crippen molar-refractivity contribution < 1.29 is 14.3 Å². The van der Waals surface area contributed by atoms with Gasteiger partial charge in [0.25, 0.3) is 11.8 Å². The molecule has 1 aliphatic heterocycles. The van der Waals surface area contributed by atoms with Crippen molar-refractivity contribution in [2.24, 2.45) is 0 Å². The number of hydrogen-bond donors (Lipinski definition) is 2. The fraction of sp³-hybridized carbons (Fsp3) is 0.333. The predicted molar refractivity (Wildman–Crippen MR) is 170 cm³/mol. The smallest absolute Gasteiger partial charge is 0.256 e. The van der Waals surface area contributed by atoms with E-state index in [0.717, 1.165) is 49.5 Å². The Balaban J connectivity index is 1.19. The monoisotopic (exact) mass is 594 g/mol. The lowest BCUT2D eigenvalue weighted by Gasteiger charge is -2.32. The number of hydrogen-bond acceptors (Lipinski definition) is 9. The molecule has 1 saturated heterocycles.